The molecule has 172 valence electrons. The topological polar surface area (TPSA) is 68.1 Å². The van der Waals surface area contributed by atoms with Crippen molar-refractivity contribution in [3.8, 4) is 0 Å². The fraction of sp³-hybridized carbons (Fsp3) is 0.500. The maximum absolute atomic E-state index is 13.1. The number of hydrogen-bond acceptors (Lipinski definition) is 6. The average molecular weight is 467 g/mol. The highest BCUT2D eigenvalue weighted by atomic mass is 35.5. The van der Waals surface area contributed by atoms with Crippen molar-refractivity contribution in [3.63, 3.8) is 0 Å². The minimum Gasteiger partial charge on any atom is -0.356 e. The van der Waals surface area contributed by atoms with Crippen LogP contribution in [0.25, 0.3) is 0 Å². The Morgan fingerprint density at radius 2 is 1.84 bits per heavy atom. The summed E-state index contributed by atoms with van der Waals surface area (Å²) in [5, 5.41) is 10.8. The number of aromatic nitrogens is 2. The standard InChI is InChI=1S/C22H26ClF3N6/c23-21-29-19(28-17-5-3-4-16(12-17)22(24,25)26)18(13-27)20(30-21)32-10-6-15(7-11-32)14-31-8-1-2-9-31/h3-5,12-13,15,27H,1-2,6-11,14H2,(H,28,29,30). The van der Waals surface area contributed by atoms with E-state index in [1.54, 1.807) is 0 Å². The third-order valence-corrected chi connectivity index (χ3v) is 6.29. The highest BCUT2D eigenvalue weighted by Gasteiger charge is 2.31. The number of rotatable bonds is 6. The van der Waals surface area contributed by atoms with E-state index in [1.807, 2.05) is 0 Å². The van der Waals surface area contributed by atoms with Gasteiger partial charge in [0.05, 0.1) is 11.1 Å². The Hall–Kier alpha value is -2.39. The van der Waals surface area contributed by atoms with E-state index in [9.17, 15) is 13.2 Å². The molecule has 0 aliphatic carbocycles. The van der Waals surface area contributed by atoms with Crippen molar-refractivity contribution in [1.29, 1.82) is 5.41 Å². The Morgan fingerprint density at radius 3 is 2.50 bits per heavy atom. The molecule has 0 radical (unpaired) electrons. The zero-order valence-corrected chi connectivity index (χ0v) is 18.4. The lowest BCUT2D eigenvalue weighted by atomic mass is 9.96. The van der Waals surface area contributed by atoms with Crippen molar-refractivity contribution < 1.29 is 13.2 Å². The predicted molar refractivity (Wildman–Crippen MR) is 120 cm³/mol. The molecule has 2 saturated heterocycles. The average Bonchev–Trinajstić information content (AvgIpc) is 3.27. The van der Waals surface area contributed by atoms with Crippen molar-refractivity contribution in [1.82, 2.24) is 14.9 Å². The monoisotopic (exact) mass is 466 g/mol. The SMILES string of the molecule is N=Cc1c(Nc2cccc(C(F)(F)F)c2)nc(Cl)nc1N1CCC(CN2CCCC2)CC1. The maximum atomic E-state index is 13.1. The Bertz CT molecular complexity index is 953. The first-order valence-electron chi connectivity index (χ1n) is 10.8. The molecule has 4 rings (SSSR count). The van der Waals surface area contributed by atoms with Gasteiger partial charge in [0.25, 0.3) is 0 Å². The number of nitrogens with one attached hydrogen (secondary N) is 2. The molecule has 0 amide bonds. The second-order valence-corrected chi connectivity index (χ2v) is 8.70. The molecule has 0 unspecified atom stereocenters. The summed E-state index contributed by atoms with van der Waals surface area (Å²) in [6, 6.07) is 4.85. The van der Waals surface area contributed by atoms with Crippen LogP contribution in [-0.2, 0) is 6.18 Å². The molecule has 32 heavy (non-hydrogen) atoms. The minimum atomic E-state index is -4.45. The van der Waals surface area contributed by atoms with E-state index < -0.39 is 11.7 Å². The molecule has 0 saturated carbocycles. The summed E-state index contributed by atoms with van der Waals surface area (Å²) in [6.45, 7) is 5.07. The van der Waals surface area contributed by atoms with Crippen LogP contribution in [0, 0.1) is 11.3 Å². The molecule has 10 heteroatoms. The fourth-order valence-electron chi connectivity index (χ4n) is 4.47. The predicted octanol–water partition coefficient (Wildman–Crippen LogP) is 5.20. The molecule has 2 aromatic rings. The number of halogens is 4. The van der Waals surface area contributed by atoms with E-state index in [1.165, 1.54) is 38.1 Å². The van der Waals surface area contributed by atoms with Gasteiger partial charge in [-0.1, -0.05) is 6.07 Å². The van der Waals surface area contributed by atoms with E-state index in [2.05, 4.69) is 25.1 Å². The summed E-state index contributed by atoms with van der Waals surface area (Å²) >= 11 is 6.16. The molecule has 3 heterocycles. The van der Waals surface area contributed by atoms with Crippen molar-refractivity contribution >= 4 is 35.1 Å². The molecule has 2 aliphatic rings. The molecular weight excluding hydrogens is 441 g/mol. The van der Waals surface area contributed by atoms with Crippen LogP contribution in [0.2, 0.25) is 5.28 Å². The normalized spacial score (nSPS) is 18.2. The Kier molecular flexibility index (Phi) is 6.85. The lowest BCUT2D eigenvalue weighted by Gasteiger charge is -2.35. The lowest BCUT2D eigenvalue weighted by Crippen LogP contribution is -2.39. The highest BCUT2D eigenvalue weighted by molar-refractivity contribution is 6.28. The summed E-state index contributed by atoms with van der Waals surface area (Å²) in [5.74, 6) is 1.38. The van der Waals surface area contributed by atoms with Crippen LogP contribution in [0.3, 0.4) is 0 Å². The fourth-order valence-corrected chi connectivity index (χ4v) is 4.63. The maximum Gasteiger partial charge on any atom is 0.416 e. The second kappa shape index (κ2) is 9.62. The van der Waals surface area contributed by atoms with E-state index in [-0.39, 0.29) is 16.8 Å². The third-order valence-electron chi connectivity index (χ3n) is 6.12. The number of anilines is 3. The molecule has 0 atom stereocenters. The Balaban J connectivity index is 1.51. The quantitative estimate of drug-likeness (QED) is 0.452. The number of piperidine rings is 1. The van der Waals surface area contributed by atoms with Crippen molar-refractivity contribution in [2.24, 2.45) is 5.92 Å². The lowest BCUT2D eigenvalue weighted by molar-refractivity contribution is -0.137. The molecular formula is C22H26ClF3N6. The zero-order chi connectivity index (χ0) is 22.7. The molecule has 2 fully saturated rings. The van der Waals surface area contributed by atoms with E-state index in [0.717, 1.165) is 50.8 Å². The van der Waals surface area contributed by atoms with Gasteiger partial charge < -0.3 is 20.5 Å². The molecule has 2 aliphatic heterocycles. The van der Waals surface area contributed by atoms with Crippen LogP contribution in [0.15, 0.2) is 24.3 Å². The van der Waals surface area contributed by atoms with Crippen LogP contribution >= 0.6 is 11.6 Å². The summed E-state index contributed by atoms with van der Waals surface area (Å²) in [7, 11) is 0. The van der Waals surface area contributed by atoms with Gasteiger partial charge in [0.15, 0.2) is 0 Å². The number of nitrogens with zero attached hydrogens (tertiary/aromatic N) is 4. The third kappa shape index (κ3) is 5.32. The van der Waals surface area contributed by atoms with E-state index >= 15 is 0 Å². The van der Waals surface area contributed by atoms with Gasteiger partial charge in [0, 0.05) is 31.5 Å². The number of likely N-dealkylation sites (tertiary alicyclic amines) is 1. The van der Waals surface area contributed by atoms with Crippen LogP contribution in [0.4, 0.5) is 30.5 Å². The first-order chi connectivity index (χ1) is 15.3. The number of hydrogen-bond donors (Lipinski definition) is 2. The molecule has 1 aromatic heterocycles. The Labute approximate surface area is 190 Å². The summed E-state index contributed by atoms with van der Waals surface area (Å²) < 4.78 is 39.2. The zero-order valence-electron chi connectivity index (χ0n) is 17.6. The summed E-state index contributed by atoms with van der Waals surface area (Å²) in [4.78, 5) is 13.1. The van der Waals surface area contributed by atoms with Gasteiger partial charge in [0.2, 0.25) is 5.28 Å². The van der Waals surface area contributed by atoms with Gasteiger partial charge in [-0.25, -0.2) is 0 Å². The number of alkyl halides is 3. The molecule has 2 N–H and O–H groups in total. The van der Waals surface area contributed by atoms with Crippen LogP contribution in [0.5, 0.6) is 0 Å². The smallest absolute Gasteiger partial charge is 0.356 e. The first-order valence-corrected chi connectivity index (χ1v) is 11.2. The summed E-state index contributed by atoms with van der Waals surface area (Å²) in [5.41, 5.74) is -0.142. The van der Waals surface area contributed by atoms with Gasteiger partial charge in [0.1, 0.15) is 11.6 Å². The molecule has 0 spiro atoms. The van der Waals surface area contributed by atoms with Crippen molar-refractivity contribution in [3.05, 3.63) is 40.7 Å². The van der Waals surface area contributed by atoms with Gasteiger partial charge >= 0.3 is 6.18 Å². The van der Waals surface area contributed by atoms with Crippen molar-refractivity contribution in [2.75, 3.05) is 42.9 Å². The second-order valence-electron chi connectivity index (χ2n) is 8.36. The summed E-state index contributed by atoms with van der Waals surface area (Å²) in [6.07, 6.45) is 1.27. The molecule has 0 bridgehead atoms. The van der Waals surface area contributed by atoms with Crippen LogP contribution < -0.4 is 10.2 Å². The largest absolute Gasteiger partial charge is 0.416 e. The van der Waals surface area contributed by atoms with E-state index in [0.29, 0.717) is 17.3 Å². The van der Waals surface area contributed by atoms with Crippen molar-refractivity contribution in [2.45, 2.75) is 31.9 Å². The Morgan fingerprint density at radius 1 is 1.12 bits per heavy atom. The molecule has 1 aromatic carbocycles. The van der Waals surface area contributed by atoms with Crippen LogP contribution in [-0.4, -0.2) is 53.8 Å². The van der Waals surface area contributed by atoms with Crippen LogP contribution in [0.1, 0.15) is 36.8 Å². The number of benzene rings is 1. The molecule has 6 nitrogen and oxygen atoms in total. The first kappa shape index (κ1) is 22.8. The van der Waals surface area contributed by atoms with Gasteiger partial charge in [-0.05, 0) is 74.5 Å². The highest BCUT2D eigenvalue weighted by Crippen LogP contribution is 2.33. The van der Waals surface area contributed by atoms with Gasteiger partial charge in [-0.2, -0.15) is 23.1 Å². The van der Waals surface area contributed by atoms with Gasteiger partial charge in [-0.3, -0.25) is 0 Å². The van der Waals surface area contributed by atoms with Gasteiger partial charge in [-0.15, -0.1) is 0 Å². The minimum absolute atomic E-state index is 0.0146. The van der Waals surface area contributed by atoms with E-state index in [4.69, 9.17) is 17.0 Å².